The molecule has 0 saturated heterocycles. The smallest absolute Gasteiger partial charge is 0.261 e. The normalized spacial score (nSPS) is 11.6. The van der Waals surface area contributed by atoms with Gasteiger partial charge in [0.2, 0.25) is 5.95 Å². The Morgan fingerprint density at radius 1 is 0.962 bits per heavy atom. The minimum Gasteiger partial charge on any atom is -0.261 e. The lowest BCUT2D eigenvalue weighted by atomic mass is 10.1. The van der Waals surface area contributed by atoms with E-state index in [0.29, 0.717) is 11.1 Å². The molecule has 0 aliphatic heterocycles. The second kappa shape index (κ2) is 6.39. The fourth-order valence-electron chi connectivity index (χ4n) is 2.28. The fourth-order valence-corrected chi connectivity index (χ4v) is 4.06. The molecule has 1 aromatic carbocycles. The molecular formula is C16H10FN5O2S2. The van der Waals surface area contributed by atoms with Crippen LogP contribution in [0.25, 0.3) is 21.3 Å². The average molecular weight is 387 g/mol. The van der Waals surface area contributed by atoms with Gasteiger partial charge in [-0.2, -0.15) is 0 Å². The van der Waals surface area contributed by atoms with E-state index in [0.717, 1.165) is 16.4 Å². The number of anilines is 1. The largest absolute Gasteiger partial charge is 0.264 e. The molecule has 0 radical (unpaired) electrons. The standard InChI is InChI=1S/C16H10FN5O2S2/c17-12-3-10(5-18-8-12)11-6-19-16(20-7-11)22-26(23,24)13-1-2-14-15(4-13)25-9-21-14/h1-9H,(H,19,20,22). The number of rotatable bonds is 4. The molecule has 1 N–H and O–H groups in total. The van der Waals surface area contributed by atoms with E-state index in [2.05, 4.69) is 24.7 Å². The molecule has 7 nitrogen and oxygen atoms in total. The summed E-state index contributed by atoms with van der Waals surface area (Å²) in [6.45, 7) is 0. The average Bonchev–Trinajstić information content (AvgIpc) is 3.10. The maximum absolute atomic E-state index is 13.2. The van der Waals surface area contributed by atoms with Crippen molar-refractivity contribution in [2.24, 2.45) is 0 Å². The summed E-state index contributed by atoms with van der Waals surface area (Å²) in [6, 6.07) is 5.94. The van der Waals surface area contributed by atoms with Crippen molar-refractivity contribution in [2.45, 2.75) is 4.90 Å². The van der Waals surface area contributed by atoms with Crippen LogP contribution in [0.2, 0.25) is 0 Å². The van der Waals surface area contributed by atoms with E-state index in [4.69, 9.17) is 0 Å². The number of aromatic nitrogens is 4. The van der Waals surface area contributed by atoms with Crippen molar-refractivity contribution in [3.05, 3.63) is 60.4 Å². The third kappa shape index (κ3) is 3.24. The molecule has 0 aliphatic rings. The van der Waals surface area contributed by atoms with Gasteiger partial charge in [0, 0.05) is 29.7 Å². The number of sulfonamides is 1. The highest BCUT2D eigenvalue weighted by atomic mass is 32.2. The number of benzene rings is 1. The van der Waals surface area contributed by atoms with Gasteiger partial charge in [0.1, 0.15) is 5.82 Å². The topological polar surface area (TPSA) is 97.7 Å². The summed E-state index contributed by atoms with van der Waals surface area (Å²) in [5.41, 5.74) is 3.40. The van der Waals surface area contributed by atoms with Crippen molar-refractivity contribution in [1.29, 1.82) is 0 Å². The van der Waals surface area contributed by atoms with Crippen molar-refractivity contribution >= 4 is 37.5 Å². The van der Waals surface area contributed by atoms with Crippen LogP contribution in [0.15, 0.2) is 59.5 Å². The summed E-state index contributed by atoms with van der Waals surface area (Å²) in [5, 5.41) is 0. The van der Waals surface area contributed by atoms with E-state index in [1.807, 2.05) is 0 Å². The summed E-state index contributed by atoms with van der Waals surface area (Å²) in [5.74, 6) is -0.562. The Morgan fingerprint density at radius 2 is 1.77 bits per heavy atom. The first-order chi connectivity index (χ1) is 12.5. The van der Waals surface area contributed by atoms with Crippen LogP contribution in [-0.4, -0.2) is 28.4 Å². The lowest BCUT2D eigenvalue weighted by molar-refractivity contribution is 0.601. The lowest BCUT2D eigenvalue weighted by Gasteiger charge is -2.07. The molecule has 4 aromatic rings. The molecule has 0 aliphatic carbocycles. The van der Waals surface area contributed by atoms with E-state index in [-0.39, 0.29) is 10.8 Å². The van der Waals surface area contributed by atoms with Crippen molar-refractivity contribution in [1.82, 2.24) is 19.9 Å². The molecule has 0 spiro atoms. The second-order valence-electron chi connectivity index (χ2n) is 5.27. The summed E-state index contributed by atoms with van der Waals surface area (Å²) in [4.78, 5) is 15.9. The number of nitrogens with one attached hydrogen (secondary N) is 1. The Balaban J connectivity index is 1.59. The monoisotopic (exact) mass is 387 g/mol. The highest BCUT2D eigenvalue weighted by molar-refractivity contribution is 7.92. The van der Waals surface area contributed by atoms with Gasteiger partial charge >= 0.3 is 0 Å². The molecule has 0 fully saturated rings. The first kappa shape index (κ1) is 16.5. The molecule has 4 rings (SSSR count). The molecule has 0 bridgehead atoms. The third-order valence-corrected chi connectivity index (χ3v) is 5.65. The first-order valence-corrected chi connectivity index (χ1v) is 9.67. The van der Waals surface area contributed by atoms with Crippen LogP contribution in [0.3, 0.4) is 0 Å². The molecule has 0 amide bonds. The Morgan fingerprint density at radius 3 is 2.54 bits per heavy atom. The van der Waals surface area contributed by atoms with E-state index in [1.54, 1.807) is 17.6 Å². The van der Waals surface area contributed by atoms with Crippen LogP contribution in [0.4, 0.5) is 10.3 Å². The molecule has 0 atom stereocenters. The van der Waals surface area contributed by atoms with Crippen LogP contribution in [-0.2, 0) is 10.0 Å². The van der Waals surface area contributed by atoms with Gasteiger partial charge in [0.15, 0.2) is 0 Å². The van der Waals surface area contributed by atoms with Crippen molar-refractivity contribution in [2.75, 3.05) is 4.72 Å². The minimum absolute atomic E-state index is 0.0810. The van der Waals surface area contributed by atoms with Crippen LogP contribution in [0, 0.1) is 5.82 Å². The number of nitrogens with zero attached hydrogens (tertiary/aromatic N) is 4. The zero-order valence-corrected chi connectivity index (χ0v) is 14.6. The molecule has 3 heterocycles. The maximum Gasteiger partial charge on any atom is 0.264 e. The molecule has 10 heteroatoms. The van der Waals surface area contributed by atoms with Gasteiger partial charge in [0.25, 0.3) is 10.0 Å². The van der Waals surface area contributed by atoms with Gasteiger partial charge in [-0.05, 0) is 24.3 Å². The summed E-state index contributed by atoms with van der Waals surface area (Å²) in [6.07, 6.45) is 5.35. The molecular weight excluding hydrogens is 377 g/mol. The van der Waals surface area contributed by atoms with E-state index >= 15 is 0 Å². The molecule has 0 unspecified atom stereocenters. The SMILES string of the molecule is O=S(=O)(Nc1ncc(-c2cncc(F)c2)cn1)c1ccc2ncsc2c1. The first-order valence-electron chi connectivity index (χ1n) is 7.30. The summed E-state index contributed by atoms with van der Waals surface area (Å²) < 4.78 is 41.3. The predicted octanol–water partition coefficient (Wildman–Crippen LogP) is 3.09. The Labute approximate surface area is 151 Å². The quantitative estimate of drug-likeness (QED) is 0.578. The Kier molecular flexibility index (Phi) is 4.05. The zero-order chi connectivity index (χ0) is 18.1. The Bertz CT molecular complexity index is 1190. The molecule has 3 aromatic heterocycles. The number of hydrogen-bond acceptors (Lipinski definition) is 7. The van der Waals surface area contributed by atoms with Crippen LogP contribution >= 0.6 is 11.3 Å². The fraction of sp³-hybridized carbons (Fsp3) is 0. The Hall–Kier alpha value is -2.98. The molecule has 0 saturated carbocycles. The third-order valence-electron chi connectivity index (χ3n) is 3.53. The van der Waals surface area contributed by atoms with E-state index in [9.17, 15) is 12.8 Å². The lowest BCUT2D eigenvalue weighted by Crippen LogP contribution is -2.14. The van der Waals surface area contributed by atoms with Gasteiger partial charge < -0.3 is 0 Å². The minimum atomic E-state index is -3.84. The number of halogens is 1. The van der Waals surface area contributed by atoms with Gasteiger partial charge in [0.05, 0.1) is 26.8 Å². The molecule has 26 heavy (non-hydrogen) atoms. The number of hydrogen-bond donors (Lipinski definition) is 1. The van der Waals surface area contributed by atoms with E-state index < -0.39 is 15.8 Å². The molecule has 130 valence electrons. The number of thiazole rings is 1. The summed E-state index contributed by atoms with van der Waals surface area (Å²) in [7, 11) is -3.84. The predicted molar refractivity (Wildman–Crippen MR) is 95.6 cm³/mol. The van der Waals surface area contributed by atoms with Gasteiger partial charge in [-0.3, -0.25) is 4.98 Å². The second-order valence-corrected chi connectivity index (χ2v) is 7.84. The van der Waals surface area contributed by atoms with Crippen molar-refractivity contribution in [3.8, 4) is 11.1 Å². The highest BCUT2D eigenvalue weighted by Crippen LogP contribution is 2.23. The van der Waals surface area contributed by atoms with Gasteiger partial charge in [-0.25, -0.2) is 32.5 Å². The van der Waals surface area contributed by atoms with Crippen molar-refractivity contribution in [3.63, 3.8) is 0 Å². The van der Waals surface area contributed by atoms with Crippen molar-refractivity contribution < 1.29 is 12.8 Å². The van der Waals surface area contributed by atoms with Crippen LogP contribution < -0.4 is 4.72 Å². The van der Waals surface area contributed by atoms with Gasteiger partial charge in [-0.15, -0.1) is 11.3 Å². The van der Waals surface area contributed by atoms with Crippen LogP contribution in [0.1, 0.15) is 0 Å². The summed E-state index contributed by atoms with van der Waals surface area (Å²) >= 11 is 1.35. The number of pyridine rings is 1. The zero-order valence-electron chi connectivity index (χ0n) is 13.0. The van der Waals surface area contributed by atoms with E-state index in [1.165, 1.54) is 42.1 Å². The maximum atomic E-state index is 13.2. The highest BCUT2D eigenvalue weighted by Gasteiger charge is 2.17. The van der Waals surface area contributed by atoms with Gasteiger partial charge in [-0.1, -0.05) is 0 Å². The van der Waals surface area contributed by atoms with Crippen LogP contribution in [0.5, 0.6) is 0 Å². The number of fused-ring (bicyclic) bond motifs is 1.